The predicted molar refractivity (Wildman–Crippen MR) is 74.6 cm³/mol. The van der Waals surface area contributed by atoms with Gasteiger partial charge in [0.15, 0.2) is 6.61 Å². The Labute approximate surface area is 124 Å². The summed E-state index contributed by atoms with van der Waals surface area (Å²) in [5.74, 6) is -2.02. The number of halogens is 2. The molecule has 2 rings (SSSR count). The van der Waals surface area contributed by atoms with Crippen LogP contribution in [0.4, 0.5) is 10.1 Å². The molecule has 0 saturated heterocycles. The van der Waals surface area contributed by atoms with E-state index in [2.05, 4.69) is 10.3 Å². The Bertz CT molecular complexity index is 679. The minimum atomic E-state index is -0.781. The van der Waals surface area contributed by atoms with Gasteiger partial charge in [0.05, 0.1) is 11.3 Å². The number of esters is 1. The van der Waals surface area contributed by atoms with Gasteiger partial charge in [-0.25, -0.2) is 14.2 Å². The summed E-state index contributed by atoms with van der Waals surface area (Å²) in [6.07, 6.45) is 1.42. The van der Waals surface area contributed by atoms with Crippen LogP contribution in [0.3, 0.4) is 0 Å². The molecule has 0 bridgehead atoms. The summed E-state index contributed by atoms with van der Waals surface area (Å²) in [5, 5.41) is 2.28. The number of carbonyl (C=O) groups is 2. The number of ether oxygens (including phenoxy) is 1. The summed E-state index contributed by atoms with van der Waals surface area (Å²) in [4.78, 5) is 27.0. The first-order valence-electron chi connectivity index (χ1n) is 5.90. The van der Waals surface area contributed by atoms with Crippen LogP contribution >= 0.6 is 11.6 Å². The van der Waals surface area contributed by atoms with Gasteiger partial charge < -0.3 is 10.1 Å². The van der Waals surface area contributed by atoms with Crippen molar-refractivity contribution in [2.45, 2.75) is 0 Å². The van der Waals surface area contributed by atoms with Crippen LogP contribution in [0.15, 0.2) is 42.6 Å². The van der Waals surface area contributed by atoms with Crippen molar-refractivity contribution in [3.63, 3.8) is 0 Å². The number of hydrogen-bond donors (Lipinski definition) is 1. The lowest BCUT2D eigenvalue weighted by molar-refractivity contribution is -0.119. The SMILES string of the molecule is O=C(COC(=O)c1cccnc1Cl)Nc1ccccc1F. The highest BCUT2D eigenvalue weighted by Gasteiger charge is 2.14. The fraction of sp³-hybridized carbons (Fsp3) is 0.0714. The number of hydrogen-bond acceptors (Lipinski definition) is 4. The van der Waals surface area contributed by atoms with Crippen LogP contribution in [0.1, 0.15) is 10.4 Å². The second kappa shape index (κ2) is 6.81. The molecule has 1 aromatic heterocycles. The molecule has 21 heavy (non-hydrogen) atoms. The molecule has 5 nitrogen and oxygen atoms in total. The van der Waals surface area contributed by atoms with Crippen molar-refractivity contribution in [3.05, 3.63) is 59.1 Å². The standard InChI is InChI=1S/C14H10ClFN2O3/c15-13-9(4-3-7-17-13)14(20)21-8-12(19)18-11-6-2-1-5-10(11)16/h1-7H,8H2,(H,18,19). The van der Waals surface area contributed by atoms with E-state index < -0.39 is 24.3 Å². The van der Waals surface area contributed by atoms with E-state index >= 15 is 0 Å². The number of amides is 1. The lowest BCUT2D eigenvalue weighted by Gasteiger charge is -2.07. The fourth-order valence-electron chi connectivity index (χ4n) is 1.50. The molecule has 0 saturated carbocycles. The Morgan fingerprint density at radius 3 is 2.71 bits per heavy atom. The molecular formula is C14H10ClFN2O3. The first kappa shape index (κ1) is 14.9. The van der Waals surface area contributed by atoms with Gasteiger partial charge in [0.2, 0.25) is 0 Å². The summed E-state index contributed by atoms with van der Waals surface area (Å²) in [5.41, 5.74) is 0.0656. The molecule has 7 heteroatoms. The Morgan fingerprint density at radius 2 is 2.00 bits per heavy atom. The first-order chi connectivity index (χ1) is 10.1. The van der Waals surface area contributed by atoms with Gasteiger partial charge in [-0.05, 0) is 24.3 Å². The lowest BCUT2D eigenvalue weighted by Crippen LogP contribution is -2.21. The van der Waals surface area contributed by atoms with Crippen molar-refractivity contribution in [2.24, 2.45) is 0 Å². The number of benzene rings is 1. The molecule has 1 N–H and O–H groups in total. The molecule has 108 valence electrons. The zero-order valence-electron chi connectivity index (χ0n) is 10.7. The Hall–Kier alpha value is -2.47. The Morgan fingerprint density at radius 1 is 1.24 bits per heavy atom. The Kier molecular flexibility index (Phi) is 4.84. The fourth-order valence-corrected chi connectivity index (χ4v) is 1.69. The van der Waals surface area contributed by atoms with Gasteiger partial charge >= 0.3 is 5.97 Å². The molecule has 1 heterocycles. The van der Waals surface area contributed by atoms with Crippen molar-refractivity contribution in [2.75, 3.05) is 11.9 Å². The van der Waals surface area contributed by atoms with Gasteiger partial charge in [0.1, 0.15) is 11.0 Å². The minimum Gasteiger partial charge on any atom is -0.452 e. The predicted octanol–water partition coefficient (Wildman–Crippen LogP) is 2.67. The quantitative estimate of drug-likeness (QED) is 0.696. The number of rotatable bonds is 4. The maximum atomic E-state index is 13.3. The van der Waals surface area contributed by atoms with Crippen LogP contribution in [-0.2, 0) is 9.53 Å². The second-order valence-corrected chi connectivity index (χ2v) is 4.30. The maximum Gasteiger partial charge on any atom is 0.341 e. The third kappa shape index (κ3) is 4.00. The zero-order valence-corrected chi connectivity index (χ0v) is 11.4. The van der Waals surface area contributed by atoms with Gasteiger partial charge in [-0.2, -0.15) is 0 Å². The topological polar surface area (TPSA) is 68.3 Å². The van der Waals surface area contributed by atoms with Gasteiger partial charge in [0.25, 0.3) is 5.91 Å². The van der Waals surface area contributed by atoms with E-state index in [0.717, 1.165) is 0 Å². The smallest absolute Gasteiger partial charge is 0.341 e. The van der Waals surface area contributed by atoms with Crippen molar-refractivity contribution in [1.29, 1.82) is 0 Å². The molecule has 0 fully saturated rings. The van der Waals surface area contributed by atoms with Crippen molar-refractivity contribution in [1.82, 2.24) is 4.98 Å². The van der Waals surface area contributed by atoms with Gasteiger partial charge in [-0.3, -0.25) is 4.79 Å². The van der Waals surface area contributed by atoms with Gasteiger partial charge in [-0.1, -0.05) is 23.7 Å². The lowest BCUT2D eigenvalue weighted by atomic mass is 10.3. The number of aromatic nitrogens is 1. The number of carbonyl (C=O) groups excluding carboxylic acids is 2. The second-order valence-electron chi connectivity index (χ2n) is 3.95. The van der Waals surface area contributed by atoms with Gasteiger partial charge in [-0.15, -0.1) is 0 Å². The van der Waals surface area contributed by atoms with E-state index in [1.54, 1.807) is 6.07 Å². The molecule has 0 aliphatic rings. The van der Waals surface area contributed by atoms with E-state index in [9.17, 15) is 14.0 Å². The number of para-hydroxylation sites is 1. The van der Waals surface area contributed by atoms with Crippen LogP contribution in [-0.4, -0.2) is 23.5 Å². The molecule has 0 aliphatic carbocycles. The molecule has 0 radical (unpaired) electrons. The third-order valence-corrected chi connectivity index (χ3v) is 2.76. The van der Waals surface area contributed by atoms with Crippen molar-refractivity contribution in [3.8, 4) is 0 Å². The molecule has 1 aromatic carbocycles. The van der Waals surface area contributed by atoms with Crippen LogP contribution < -0.4 is 5.32 Å². The molecule has 0 aliphatic heterocycles. The molecule has 2 aromatic rings. The number of nitrogens with one attached hydrogen (secondary N) is 1. The largest absolute Gasteiger partial charge is 0.452 e. The maximum absolute atomic E-state index is 13.3. The summed E-state index contributed by atoms with van der Waals surface area (Å²) >= 11 is 5.72. The van der Waals surface area contributed by atoms with E-state index in [4.69, 9.17) is 16.3 Å². The molecular weight excluding hydrogens is 299 g/mol. The van der Waals surface area contributed by atoms with Gasteiger partial charge in [0, 0.05) is 6.20 Å². The highest BCUT2D eigenvalue weighted by atomic mass is 35.5. The third-order valence-electron chi connectivity index (χ3n) is 2.46. The average Bonchev–Trinajstić information content (AvgIpc) is 2.48. The number of anilines is 1. The van der Waals surface area contributed by atoms with E-state index in [-0.39, 0.29) is 16.4 Å². The van der Waals surface area contributed by atoms with Crippen LogP contribution in [0.5, 0.6) is 0 Å². The molecule has 1 amide bonds. The summed E-state index contributed by atoms with van der Waals surface area (Å²) < 4.78 is 18.1. The normalized spacial score (nSPS) is 10.0. The van der Waals surface area contributed by atoms with Crippen molar-refractivity contribution < 1.29 is 18.7 Å². The number of pyridine rings is 1. The number of nitrogens with zero attached hydrogens (tertiary/aromatic N) is 1. The van der Waals surface area contributed by atoms with E-state index in [1.807, 2.05) is 0 Å². The Balaban J connectivity index is 1.91. The first-order valence-corrected chi connectivity index (χ1v) is 6.28. The van der Waals surface area contributed by atoms with E-state index in [1.165, 1.54) is 36.5 Å². The minimum absolute atomic E-state index is 0.0120. The zero-order chi connectivity index (χ0) is 15.2. The van der Waals surface area contributed by atoms with Crippen LogP contribution in [0.2, 0.25) is 5.15 Å². The highest BCUT2D eigenvalue weighted by molar-refractivity contribution is 6.32. The summed E-state index contributed by atoms with van der Waals surface area (Å²) in [7, 11) is 0. The molecule has 0 atom stereocenters. The van der Waals surface area contributed by atoms with Crippen molar-refractivity contribution >= 4 is 29.2 Å². The summed E-state index contributed by atoms with van der Waals surface area (Å²) in [6, 6.07) is 8.61. The van der Waals surface area contributed by atoms with Crippen LogP contribution in [0.25, 0.3) is 0 Å². The monoisotopic (exact) mass is 308 g/mol. The highest BCUT2D eigenvalue weighted by Crippen LogP contribution is 2.14. The van der Waals surface area contributed by atoms with Crippen LogP contribution in [0, 0.1) is 5.82 Å². The average molecular weight is 309 g/mol. The summed E-state index contributed by atoms with van der Waals surface area (Å²) in [6.45, 7) is -0.557. The molecule has 0 spiro atoms. The molecule has 0 unspecified atom stereocenters. The van der Waals surface area contributed by atoms with E-state index in [0.29, 0.717) is 0 Å².